The maximum absolute atomic E-state index is 12.1. The number of nitro groups is 2. The van der Waals surface area contributed by atoms with Crippen LogP contribution in [0.25, 0.3) is 0 Å². The van der Waals surface area contributed by atoms with E-state index in [4.69, 9.17) is 4.74 Å². The van der Waals surface area contributed by atoms with Gasteiger partial charge in [0.25, 0.3) is 11.4 Å². The van der Waals surface area contributed by atoms with Crippen molar-refractivity contribution in [1.82, 2.24) is 0 Å². The second-order valence-electron chi connectivity index (χ2n) is 5.46. The average Bonchev–Trinajstić information content (AvgIpc) is 3.15. The molecule has 1 unspecified atom stereocenters. The number of benzene rings is 1. The fourth-order valence-corrected chi connectivity index (χ4v) is 3.41. The Balaban J connectivity index is 2.05. The number of nitrogens with zero attached hydrogens (tertiary/aromatic N) is 6. The van der Waals surface area contributed by atoms with Crippen LogP contribution in [0, 0.1) is 20.2 Å². The summed E-state index contributed by atoms with van der Waals surface area (Å²) in [4.78, 5) is 49.3. The van der Waals surface area contributed by atoms with E-state index >= 15 is 0 Å². The van der Waals surface area contributed by atoms with Crippen LogP contribution in [-0.2, 0) is 4.74 Å². The van der Waals surface area contributed by atoms with Gasteiger partial charge in [-0.25, -0.2) is 19.8 Å². The number of aliphatic imine (C=N–C) groups is 4. The number of fused-ring (bicyclic) bond motifs is 1. The van der Waals surface area contributed by atoms with E-state index in [1.807, 2.05) is 0 Å². The van der Waals surface area contributed by atoms with Gasteiger partial charge in [0.2, 0.25) is 0 Å². The quantitative estimate of drug-likeness (QED) is 0.399. The van der Waals surface area contributed by atoms with Gasteiger partial charge >= 0.3 is 5.97 Å². The zero-order valence-corrected chi connectivity index (χ0v) is 15.2. The molecule has 2 aliphatic heterocycles. The van der Waals surface area contributed by atoms with Crippen LogP contribution in [0.4, 0.5) is 11.4 Å². The molecule has 12 nitrogen and oxygen atoms in total. The predicted octanol–water partition coefficient (Wildman–Crippen LogP) is 2.41. The summed E-state index contributed by atoms with van der Waals surface area (Å²) in [5.74, 6) is -0.538. The molecule has 1 aromatic rings. The fraction of sp³-hybridized carbons (Fsp3) is 0.267. The smallest absolute Gasteiger partial charge is 0.338 e. The summed E-state index contributed by atoms with van der Waals surface area (Å²) in [6, 6.07) is 1.23. The first-order chi connectivity index (χ1) is 13.4. The van der Waals surface area contributed by atoms with E-state index in [-0.39, 0.29) is 22.1 Å². The fourth-order valence-electron chi connectivity index (χ4n) is 2.35. The molecule has 0 saturated carbocycles. The minimum atomic E-state index is -0.874. The maximum atomic E-state index is 12.1. The molecule has 0 amide bonds. The Morgan fingerprint density at radius 2 is 1.86 bits per heavy atom. The van der Waals surface area contributed by atoms with E-state index in [9.17, 15) is 25.0 Å². The van der Waals surface area contributed by atoms with E-state index in [0.29, 0.717) is 12.3 Å². The topological polar surface area (TPSA) is 162 Å². The van der Waals surface area contributed by atoms with Crippen molar-refractivity contribution in [1.29, 1.82) is 0 Å². The van der Waals surface area contributed by atoms with Crippen molar-refractivity contribution >= 4 is 52.7 Å². The molecular formula is C15H12N6O6S. The summed E-state index contributed by atoms with van der Waals surface area (Å²) in [6.07, 6.45) is 3.01. The zero-order chi connectivity index (χ0) is 20.3. The van der Waals surface area contributed by atoms with Gasteiger partial charge in [0.15, 0.2) is 16.8 Å². The van der Waals surface area contributed by atoms with Crippen LogP contribution in [0.2, 0.25) is 0 Å². The van der Waals surface area contributed by atoms with Gasteiger partial charge in [-0.1, -0.05) is 18.7 Å². The van der Waals surface area contributed by atoms with E-state index in [1.54, 1.807) is 6.92 Å². The van der Waals surface area contributed by atoms with Crippen LogP contribution in [0.5, 0.6) is 0 Å². The minimum absolute atomic E-state index is 0.0921. The van der Waals surface area contributed by atoms with Crippen molar-refractivity contribution in [2.45, 2.75) is 24.3 Å². The molecule has 0 saturated heterocycles. The molecule has 0 aliphatic carbocycles. The lowest BCUT2D eigenvalue weighted by atomic mass is 10.1. The summed E-state index contributed by atoms with van der Waals surface area (Å²) < 4.78 is 4.93. The molecule has 28 heavy (non-hydrogen) atoms. The van der Waals surface area contributed by atoms with Crippen molar-refractivity contribution in [3.8, 4) is 0 Å². The van der Waals surface area contributed by atoms with Crippen molar-refractivity contribution in [3.63, 3.8) is 0 Å². The normalized spacial score (nSPS) is 17.0. The molecule has 0 bridgehead atoms. The highest BCUT2D eigenvalue weighted by Gasteiger charge is 2.34. The second-order valence-corrected chi connectivity index (χ2v) is 6.49. The number of thioether (sulfide) groups is 1. The molecule has 0 N–H and O–H groups in total. The lowest BCUT2D eigenvalue weighted by molar-refractivity contribution is -0.399. The highest BCUT2D eigenvalue weighted by molar-refractivity contribution is 8.14. The maximum Gasteiger partial charge on any atom is 0.338 e. The van der Waals surface area contributed by atoms with Crippen molar-refractivity contribution in [2.24, 2.45) is 20.0 Å². The van der Waals surface area contributed by atoms with Crippen molar-refractivity contribution in [2.75, 3.05) is 6.61 Å². The number of carbonyl (C=O) groups is 1. The zero-order valence-electron chi connectivity index (χ0n) is 14.3. The van der Waals surface area contributed by atoms with E-state index in [2.05, 4.69) is 20.0 Å². The number of hydrogen-bond acceptors (Lipinski definition) is 11. The number of nitro benzene ring substituents is 2. The Labute approximate surface area is 161 Å². The van der Waals surface area contributed by atoms with Gasteiger partial charge in [0.1, 0.15) is 17.7 Å². The van der Waals surface area contributed by atoms with Crippen molar-refractivity contribution in [3.05, 3.63) is 37.9 Å². The summed E-state index contributed by atoms with van der Waals surface area (Å²) >= 11 is 0.718. The highest BCUT2D eigenvalue weighted by atomic mass is 32.2. The Morgan fingerprint density at radius 1 is 1.18 bits per heavy atom. The van der Waals surface area contributed by atoms with Gasteiger partial charge in [-0.05, 0) is 6.42 Å². The number of hydrogen-bond donors (Lipinski definition) is 0. The first-order valence-electron chi connectivity index (χ1n) is 7.93. The third kappa shape index (κ3) is 3.78. The molecule has 0 radical (unpaired) electrons. The van der Waals surface area contributed by atoms with Crippen LogP contribution in [0.15, 0.2) is 37.0 Å². The largest absolute Gasteiger partial charge is 0.462 e. The standard InChI is InChI=1S/C15H12N6O6S/c1-2-3-27-15(22)8-4-9(20(23)24)12(10(5-8)21(25)26)28-14-11-13(17-6-16-11)18-7-19-14/h4-7,11H,2-3H2,1H3. The molecular weight excluding hydrogens is 392 g/mol. The highest BCUT2D eigenvalue weighted by Crippen LogP contribution is 2.40. The molecule has 0 fully saturated rings. The van der Waals surface area contributed by atoms with Gasteiger partial charge < -0.3 is 4.74 Å². The number of carbonyl (C=O) groups excluding carboxylic acids is 1. The summed E-state index contributed by atoms with van der Waals surface area (Å²) in [5.41, 5.74) is -1.48. The molecule has 1 atom stereocenters. The van der Waals surface area contributed by atoms with E-state index < -0.39 is 33.2 Å². The summed E-state index contributed by atoms with van der Waals surface area (Å²) in [7, 11) is 0. The van der Waals surface area contributed by atoms with Crippen LogP contribution in [-0.4, -0.2) is 52.0 Å². The second kappa shape index (κ2) is 8.04. The Hall–Kier alpha value is -3.48. The van der Waals surface area contributed by atoms with Crippen LogP contribution < -0.4 is 0 Å². The Kier molecular flexibility index (Phi) is 5.54. The van der Waals surface area contributed by atoms with E-state index in [1.165, 1.54) is 12.7 Å². The van der Waals surface area contributed by atoms with Crippen molar-refractivity contribution < 1.29 is 19.4 Å². The number of rotatable bonds is 6. The molecule has 2 heterocycles. The van der Waals surface area contributed by atoms with E-state index in [0.717, 1.165) is 23.9 Å². The lowest BCUT2D eigenvalue weighted by Crippen LogP contribution is -2.25. The number of amidine groups is 1. The Bertz CT molecular complexity index is 950. The average molecular weight is 404 g/mol. The summed E-state index contributed by atoms with van der Waals surface area (Å²) in [6.45, 7) is 1.87. The molecule has 3 rings (SSSR count). The third-order valence-corrected chi connectivity index (χ3v) is 4.74. The first-order valence-corrected chi connectivity index (χ1v) is 8.75. The molecule has 13 heteroatoms. The minimum Gasteiger partial charge on any atom is -0.462 e. The number of esters is 1. The lowest BCUT2D eigenvalue weighted by Gasteiger charge is -2.14. The summed E-state index contributed by atoms with van der Waals surface area (Å²) in [5, 5.41) is 23.4. The van der Waals surface area contributed by atoms with Gasteiger partial charge in [-0.3, -0.25) is 25.2 Å². The van der Waals surface area contributed by atoms with Crippen LogP contribution in [0.1, 0.15) is 23.7 Å². The third-order valence-electron chi connectivity index (χ3n) is 3.58. The van der Waals surface area contributed by atoms with Crippen LogP contribution >= 0.6 is 11.8 Å². The van der Waals surface area contributed by atoms with Gasteiger partial charge in [0, 0.05) is 12.1 Å². The first kappa shape index (κ1) is 19.3. The molecule has 0 aromatic heterocycles. The monoisotopic (exact) mass is 404 g/mol. The molecule has 1 aromatic carbocycles. The van der Waals surface area contributed by atoms with Crippen LogP contribution in [0.3, 0.4) is 0 Å². The van der Waals surface area contributed by atoms with Gasteiger partial charge in [-0.15, -0.1) is 0 Å². The number of ether oxygens (including phenoxy) is 1. The SMILES string of the molecule is CCCOC(=O)c1cc([N+](=O)[O-])c(SC2=NC=NC3=NC=NC32)c([N+](=O)[O-])c1. The van der Waals surface area contributed by atoms with Gasteiger partial charge in [-0.2, -0.15) is 0 Å². The predicted molar refractivity (Wildman–Crippen MR) is 102 cm³/mol. The van der Waals surface area contributed by atoms with Gasteiger partial charge in [0.05, 0.1) is 22.0 Å². The molecule has 0 spiro atoms. The Morgan fingerprint density at radius 3 is 2.46 bits per heavy atom. The molecule has 2 aliphatic rings. The molecule has 144 valence electrons.